The van der Waals surface area contributed by atoms with Crippen LogP contribution in [0.1, 0.15) is 22.7 Å². The molecule has 0 spiro atoms. The number of likely N-dealkylation sites (N-methyl/N-ethyl adjacent to an activating group) is 1. The maximum Gasteiger partial charge on any atom is 0.124 e. The lowest BCUT2D eigenvalue weighted by molar-refractivity contribution is 0.583. The molecule has 2 aromatic carbocycles. The van der Waals surface area contributed by atoms with E-state index in [-0.39, 0.29) is 11.9 Å². The van der Waals surface area contributed by atoms with E-state index in [1.54, 1.807) is 6.07 Å². The van der Waals surface area contributed by atoms with Crippen molar-refractivity contribution in [2.45, 2.75) is 19.4 Å². The van der Waals surface area contributed by atoms with Crippen molar-refractivity contribution in [3.05, 3.63) is 68.4 Å². The maximum atomic E-state index is 13.2. The van der Waals surface area contributed by atoms with E-state index < -0.39 is 0 Å². The SMILES string of the molecule is CNC(Cc1ccc(C)cc1Cl)c1ccc(F)cc1Br. The highest BCUT2D eigenvalue weighted by atomic mass is 79.9. The Morgan fingerprint density at radius 1 is 1.25 bits per heavy atom. The second kappa shape index (κ2) is 6.70. The molecule has 1 nitrogen and oxygen atoms in total. The van der Waals surface area contributed by atoms with Crippen molar-refractivity contribution in [2.75, 3.05) is 7.05 Å². The molecule has 0 aliphatic carbocycles. The molecule has 4 heteroatoms. The molecule has 0 aromatic heterocycles. The number of benzene rings is 2. The van der Waals surface area contributed by atoms with Gasteiger partial charge in [-0.25, -0.2) is 4.39 Å². The Kier molecular flexibility index (Phi) is 5.19. The normalized spacial score (nSPS) is 12.4. The molecule has 1 atom stereocenters. The molecular formula is C16H16BrClFN. The summed E-state index contributed by atoms with van der Waals surface area (Å²) in [4.78, 5) is 0. The molecule has 0 aliphatic rings. The van der Waals surface area contributed by atoms with Crippen LogP contribution in [0.15, 0.2) is 40.9 Å². The quantitative estimate of drug-likeness (QED) is 0.808. The summed E-state index contributed by atoms with van der Waals surface area (Å²) in [5, 5.41) is 4.02. The van der Waals surface area contributed by atoms with Crippen molar-refractivity contribution < 1.29 is 4.39 Å². The van der Waals surface area contributed by atoms with Gasteiger partial charge in [-0.15, -0.1) is 0 Å². The van der Waals surface area contributed by atoms with Crippen molar-refractivity contribution in [3.8, 4) is 0 Å². The first kappa shape index (κ1) is 15.5. The Morgan fingerprint density at radius 2 is 2.00 bits per heavy atom. The van der Waals surface area contributed by atoms with Crippen molar-refractivity contribution in [2.24, 2.45) is 0 Å². The second-order valence-corrected chi connectivity index (χ2v) is 6.07. The molecular weight excluding hydrogens is 341 g/mol. The third-order valence-corrected chi connectivity index (χ3v) is 4.36. The van der Waals surface area contributed by atoms with Crippen LogP contribution in [0, 0.1) is 12.7 Å². The summed E-state index contributed by atoms with van der Waals surface area (Å²) in [6.45, 7) is 2.02. The van der Waals surface area contributed by atoms with Gasteiger partial charge >= 0.3 is 0 Å². The molecule has 0 bridgehead atoms. The van der Waals surface area contributed by atoms with Crippen LogP contribution in [0.5, 0.6) is 0 Å². The van der Waals surface area contributed by atoms with Gasteiger partial charge in [-0.1, -0.05) is 45.7 Å². The molecule has 2 aromatic rings. The van der Waals surface area contributed by atoms with Crippen LogP contribution in [-0.4, -0.2) is 7.05 Å². The number of aryl methyl sites for hydroxylation is 1. The zero-order valence-electron chi connectivity index (χ0n) is 11.4. The van der Waals surface area contributed by atoms with Gasteiger partial charge in [0.15, 0.2) is 0 Å². The van der Waals surface area contributed by atoms with E-state index >= 15 is 0 Å². The Hall–Kier alpha value is -0.900. The Labute approximate surface area is 132 Å². The number of nitrogens with one attached hydrogen (secondary N) is 1. The number of hydrogen-bond acceptors (Lipinski definition) is 1. The maximum absolute atomic E-state index is 13.2. The average molecular weight is 357 g/mol. The molecule has 2 rings (SSSR count). The van der Waals surface area contributed by atoms with E-state index in [0.29, 0.717) is 0 Å². The van der Waals surface area contributed by atoms with Gasteiger partial charge < -0.3 is 5.32 Å². The number of hydrogen-bond donors (Lipinski definition) is 1. The van der Waals surface area contributed by atoms with Crippen LogP contribution < -0.4 is 5.32 Å². The minimum Gasteiger partial charge on any atom is -0.313 e. The average Bonchev–Trinajstić information content (AvgIpc) is 2.39. The monoisotopic (exact) mass is 355 g/mol. The number of halogens is 3. The van der Waals surface area contributed by atoms with E-state index in [0.717, 1.165) is 32.6 Å². The minimum atomic E-state index is -0.246. The predicted molar refractivity (Wildman–Crippen MR) is 85.8 cm³/mol. The molecule has 0 saturated carbocycles. The highest BCUT2D eigenvalue weighted by molar-refractivity contribution is 9.10. The van der Waals surface area contributed by atoms with Crippen molar-refractivity contribution in [1.29, 1.82) is 0 Å². The van der Waals surface area contributed by atoms with Crippen LogP contribution in [0.3, 0.4) is 0 Å². The largest absolute Gasteiger partial charge is 0.313 e. The smallest absolute Gasteiger partial charge is 0.124 e. The standard InChI is InChI=1S/C16H16BrClFN/c1-10-3-4-11(15(18)7-10)8-16(20-2)13-6-5-12(19)9-14(13)17/h3-7,9,16,20H,8H2,1-2H3. The summed E-state index contributed by atoms with van der Waals surface area (Å²) in [5.41, 5.74) is 3.24. The molecule has 0 aliphatic heterocycles. The van der Waals surface area contributed by atoms with Crippen LogP contribution in [-0.2, 0) is 6.42 Å². The molecule has 0 amide bonds. The Morgan fingerprint density at radius 3 is 2.60 bits per heavy atom. The van der Waals surface area contributed by atoms with E-state index in [2.05, 4.69) is 21.2 Å². The van der Waals surface area contributed by atoms with Crippen LogP contribution in [0.2, 0.25) is 5.02 Å². The lowest BCUT2D eigenvalue weighted by atomic mass is 9.98. The highest BCUT2D eigenvalue weighted by Crippen LogP contribution is 2.29. The molecule has 106 valence electrons. The fourth-order valence-corrected chi connectivity index (χ4v) is 3.13. The molecule has 20 heavy (non-hydrogen) atoms. The minimum absolute atomic E-state index is 0.0742. The topological polar surface area (TPSA) is 12.0 Å². The molecule has 1 N–H and O–H groups in total. The summed E-state index contributed by atoms with van der Waals surface area (Å²) >= 11 is 9.70. The summed E-state index contributed by atoms with van der Waals surface area (Å²) in [6, 6.07) is 10.9. The highest BCUT2D eigenvalue weighted by Gasteiger charge is 2.15. The van der Waals surface area contributed by atoms with Gasteiger partial charge in [0.25, 0.3) is 0 Å². The fraction of sp³-hybridized carbons (Fsp3) is 0.250. The third-order valence-electron chi connectivity index (χ3n) is 3.32. The number of rotatable bonds is 4. The second-order valence-electron chi connectivity index (χ2n) is 4.81. The van der Waals surface area contributed by atoms with Gasteiger partial charge in [-0.3, -0.25) is 0 Å². The first-order chi connectivity index (χ1) is 9.51. The van der Waals surface area contributed by atoms with Gasteiger partial charge in [0.05, 0.1) is 0 Å². The van der Waals surface area contributed by atoms with Crippen LogP contribution in [0.25, 0.3) is 0 Å². The third kappa shape index (κ3) is 3.60. The van der Waals surface area contributed by atoms with Crippen molar-refractivity contribution in [1.82, 2.24) is 5.32 Å². The van der Waals surface area contributed by atoms with Crippen molar-refractivity contribution >= 4 is 27.5 Å². The summed E-state index contributed by atoms with van der Waals surface area (Å²) in [6.07, 6.45) is 0.750. The molecule has 0 fully saturated rings. The van der Waals surface area contributed by atoms with E-state index in [9.17, 15) is 4.39 Å². The van der Waals surface area contributed by atoms with Gasteiger partial charge in [0.1, 0.15) is 5.82 Å². The lowest BCUT2D eigenvalue weighted by Crippen LogP contribution is -2.19. The molecule has 0 radical (unpaired) electrons. The summed E-state index contributed by atoms with van der Waals surface area (Å²) in [7, 11) is 1.89. The van der Waals surface area contributed by atoms with Crippen molar-refractivity contribution in [3.63, 3.8) is 0 Å². The lowest BCUT2D eigenvalue weighted by Gasteiger charge is -2.19. The fourth-order valence-electron chi connectivity index (χ4n) is 2.19. The van der Waals surface area contributed by atoms with Gasteiger partial charge in [-0.05, 0) is 55.3 Å². The predicted octanol–water partition coefficient (Wildman–Crippen LogP) is 5.05. The molecule has 0 saturated heterocycles. The van der Waals surface area contributed by atoms with Crippen LogP contribution >= 0.6 is 27.5 Å². The van der Waals surface area contributed by atoms with E-state index in [1.165, 1.54) is 12.1 Å². The van der Waals surface area contributed by atoms with E-state index in [4.69, 9.17) is 11.6 Å². The summed E-state index contributed by atoms with van der Waals surface area (Å²) < 4.78 is 13.9. The first-order valence-corrected chi connectivity index (χ1v) is 7.55. The van der Waals surface area contributed by atoms with Gasteiger partial charge in [0.2, 0.25) is 0 Å². The van der Waals surface area contributed by atoms with Gasteiger partial charge in [0, 0.05) is 15.5 Å². The zero-order valence-corrected chi connectivity index (χ0v) is 13.7. The first-order valence-electron chi connectivity index (χ1n) is 6.38. The van der Waals surface area contributed by atoms with Gasteiger partial charge in [-0.2, -0.15) is 0 Å². The Balaban J connectivity index is 2.28. The zero-order chi connectivity index (χ0) is 14.7. The molecule has 0 heterocycles. The molecule has 1 unspecified atom stereocenters. The summed E-state index contributed by atoms with van der Waals surface area (Å²) in [5.74, 6) is -0.246. The Bertz CT molecular complexity index is 615. The van der Waals surface area contributed by atoms with Crippen LogP contribution in [0.4, 0.5) is 4.39 Å². The van der Waals surface area contributed by atoms with E-state index in [1.807, 2.05) is 32.2 Å².